The first-order valence-corrected chi connectivity index (χ1v) is 7.90. The van der Waals surface area contributed by atoms with Gasteiger partial charge in [0.25, 0.3) is 0 Å². The minimum Gasteiger partial charge on any atom is -0.444 e. The van der Waals surface area contributed by atoms with Gasteiger partial charge >= 0.3 is 0 Å². The first-order valence-electron chi connectivity index (χ1n) is 6.40. The van der Waals surface area contributed by atoms with Crippen LogP contribution < -0.4 is 0 Å². The average molecular weight is 368 g/mol. The molecule has 5 nitrogen and oxygen atoms in total. The van der Waals surface area contributed by atoms with Gasteiger partial charge in [0.2, 0.25) is 5.89 Å². The van der Waals surface area contributed by atoms with E-state index in [9.17, 15) is 0 Å². The summed E-state index contributed by atoms with van der Waals surface area (Å²) in [5, 5.41) is 9.68. The van der Waals surface area contributed by atoms with E-state index in [2.05, 4.69) is 31.2 Å². The standard InChI is InChI=1S/C14H12BrClN4O/c15-5-4-12-7-20(19-18-12)8-13-9-21-14(17-13)10-2-1-3-11(16)6-10/h1-3,6-7,9H,4-5,8H2. The highest BCUT2D eigenvalue weighted by Gasteiger charge is 2.09. The Balaban J connectivity index is 1.75. The number of aryl methyl sites for hydroxylation is 1. The van der Waals surface area contributed by atoms with Gasteiger partial charge in [-0.15, -0.1) is 5.10 Å². The summed E-state index contributed by atoms with van der Waals surface area (Å²) in [6.07, 6.45) is 4.39. The van der Waals surface area contributed by atoms with E-state index in [1.54, 1.807) is 10.9 Å². The van der Waals surface area contributed by atoms with Crippen LogP contribution in [0.4, 0.5) is 0 Å². The van der Waals surface area contributed by atoms with E-state index < -0.39 is 0 Å². The smallest absolute Gasteiger partial charge is 0.226 e. The Bertz CT molecular complexity index is 740. The van der Waals surface area contributed by atoms with E-state index in [1.165, 1.54) is 0 Å². The van der Waals surface area contributed by atoms with Crippen molar-refractivity contribution in [3.05, 3.63) is 53.1 Å². The zero-order chi connectivity index (χ0) is 14.7. The van der Waals surface area contributed by atoms with Gasteiger partial charge in [0.1, 0.15) is 12.0 Å². The van der Waals surface area contributed by atoms with Crippen molar-refractivity contribution in [3.63, 3.8) is 0 Å². The van der Waals surface area contributed by atoms with Crippen molar-refractivity contribution in [3.8, 4) is 11.5 Å². The lowest BCUT2D eigenvalue weighted by atomic mass is 10.2. The highest BCUT2D eigenvalue weighted by molar-refractivity contribution is 9.09. The molecule has 0 N–H and O–H groups in total. The minimum atomic E-state index is 0.527. The van der Waals surface area contributed by atoms with Crippen molar-refractivity contribution in [2.75, 3.05) is 5.33 Å². The van der Waals surface area contributed by atoms with Crippen LogP contribution in [0.2, 0.25) is 5.02 Å². The number of rotatable bonds is 5. The molecule has 0 atom stereocenters. The first-order chi connectivity index (χ1) is 10.2. The van der Waals surface area contributed by atoms with Crippen LogP contribution in [0.5, 0.6) is 0 Å². The molecule has 1 aromatic carbocycles. The topological polar surface area (TPSA) is 56.7 Å². The third-order valence-electron chi connectivity index (χ3n) is 2.88. The lowest BCUT2D eigenvalue weighted by Crippen LogP contribution is -2.00. The van der Waals surface area contributed by atoms with Crippen LogP contribution in [0.25, 0.3) is 11.5 Å². The Hall–Kier alpha value is -1.66. The molecule has 0 fully saturated rings. The predicted molar refractivity (Wildman–Crippen MR) is 83.6 cm³/mol. The van der Waals surface area contributed by atoms with Gasteiger partial charge in [-0.2, -0.15) is 0 Å². The maximum absolute atomic E-state index is 5.97. The molecule has 108 valence electrons. The van der Waals surface area contributed by atoms with Crippen LogP contribution in [0.1, 0.15) is 11.4 Å². The first kappa shape index (κ1) is 14.3. The minimum absolute atomic E-state index is 0.527. The van der Waals surface area contributed by atoms with Gasteiger partial charge < -0.3 is 4.42 Å². The zero-order valence-corrected chi connectivity index (χ0v) is 13.4. The molecule has 0 aliphatic carbocycles. The normalized spacial score (nSPS) is 11.0. The second-order valence-electron chi connectivity index (χ2n) is 4.50. The Morgan fingerprint density at radius 2 is 2.19 bits per heavy atom. The Kier molecular flexibility index (Phi) is 4.36. The molecule has 0 saturated carbocycles. The van der Waals surface area contributed by atoms with Crippen molar-refractivity contribution in [2.24, 2.45) is 0 Å². The van der Waals surface area contributed by atoms with Crippen LogP contribution in [0.3, 0.4) is 0 Å². The van der Waals surface area contributed by atoms with Gasteiger partial charge in [0.05, 0.1) is 12.2 Å². The van der Waals surface area contributed by atoms with Crippen LogP contribution in [0.15, 0.2) is 41.1 Å². The number of halogens is 2. The summed E-state index contributed by atoms with van der Waals surface area (Å²) in [5.74, 6) is 0.549. The van der Waals surface area contributed by atoms with Crippen molar-refractivity contribution in [2.45, 2.75) is 13.0 Å². The number of aromatic nitrogens is 4. The van der Waals surface area contributed by atoms with Gasteiger partial charge in [-0.3, -0.25) is 0 Å². The summed E-state index contributed by atoms with van der Waals surface area (Å²) < 4.78 is 7.24. The monoisotopic (exact) mass is 366 g/mol. The maximum atomic E-state index is 5.97. The van der Waals surface area contributed by atoms with Crippen molar-refractivity contribution in [1.82, 2.24) is 20.0 Å². The quantitative estimate of drug-likeness (QED) is 0.647. The van der Waals surface area contributed by atoms with E-state index in [4.69, 9.17) is 16.0 Å². The van der Waals surface area contributed by atoms with Crippen molar-refractivity contribution < 1.29 is 4.42 Å². The van der Waals surface area contributed by atoms with Gasteiger partial charge in [-0.05, 0) is 18.2 Å². The third kappa shape index (κ3) is 3.51. The molecule has 0 spiro atoms. The second kappa shape index (κ2) is 6.41. The van der Waals surface area contributed by atoms with E-state index in [0.717, 1.165) is 28.7 Å². The summed E-state index contributed by atoms with van der Waals surface area (Å²) in [6.45, 7) is 0.527. The molecule has 0 aliphatic heterocycles. The zero-order valence-electron chi connectivity index (χ0n) is 11.0. The predicted octanol–water partition coefficient (Wildman–Crippen LogP) is 3.57. The average Bonchev–Trinajstić information content (AvgIpc) is 3.10. The second-order valence-corrected chi connectivity index (χ2v) is 5.73. The van der Waals surface area contributed by atoms with Crippen LogP contribution in [-0.2, 0) is 13.0 Å². The summed E-state index contributed by atoms with van der Waals surface area (Å²) in [7, 11) is 0. The highest BCUT2D eigenvalue weighted by atomic mass is 79.9. The number of alkyl halides is 1. The van der Waals surface area contributed by atoms with Crippen LogP contribution in [0, 0.1) is 0 Å². The summed E-state index contributed by atoms with van der Waals surface area (Å²) in [6, 6.07) is 7.41. The Morgan fingerprint density at radius 3 is 3.00 bits per heavy atom. The number of nitrogens with zero attached hydrogens (tertiary/aromatic N) is 4. The molecule has 21 heavy (non-hydrogen) atoms. The molecule has 0 amide bonds. The molecule has 3 rings (SSSR count). The van der Waals surface area contributed by atoms with Crippen LogP contribution >= 0.6 is 27.5 Å². The summed E-state index contributed by atoms with van der Waals surface area (Å²) >= 11 is 9.35. The van der Waals surface area contributed by atoms with Gasteiger partial charge in [-0.25, -0.2) is 9.67 Å². The fraction of sp³-hybridized carbons (Fsp3) is 0.214. The summed E-state index contributed by atoms with van der Waals surface area (Å²) in [4.78, 5) is 4.45. The molecule has 3 aromatic rings. The number of oxazole rings is 1. The number of benzene rings is 1. The molecule has 0 bridgehead atoms. The fourth-order valence-electron chi connectivity index (χ4n) is 1.93. The Labute approximate surface area is 135 Å². The highest BCUT2D eigenvalue weighted by Crippen LogP contribution is 2.22. The van der Waals surface area contributed by atoms with Gasteiger partial charge in [0, 0.05) is 28.5 Å². The molecule has 0 unspecified atom stereocenters. The van der Waals surface area contributed by atoms with Gasteiger partial charge in [0.15, 0.2) is 0 Å². The molecule has 2 aromatic heterocycles. The molecule has 0 saturated heterocycles. The van der Waals surface area contributed by atoms with E-state index >= 15 is 0 Å². The SMILES string of the molecule is Clc1cccc(-c2nc(Cn3cc(CCBr)nn3)co2)c1. The lowest BCUT2D eigenvalue weighted by Gasteiger charge is -1.96. The molecule has 2 heterocycles. The fourth-order valence-corrected chi connectivity index (χ4v) is 2.52. The molecule has 7 heteroatoms. The summed E-state index contributed by atoms with van der Waals surface area (Å²) in [5.41, 5.74) is 2.60. The Morgan fingerprint density at radius 1 is 1.29 bits per heavy atom. The third-order valence-corrected chi connectivity index (χ3v) is 3.52. The van der Waals surface area contributed by atoms with Crippen molar-refractivity contribution >= 4 is 27.5 Å². The molecule has 0 aliphatic rings. The van der Waals surface area contributed by atoms with E-state index in [0.29, 0.717) is 17.5 Å². The number of hydrogen-bond acceptors (Lipinski definition) is 4. The number of hydrogen-bond donors (Lipinski definition) is 0. The molecular formula is C14H12BrClN4O. The lowest BCUT2D eigenvalue weighted by molar-refractivity contribution is 0.568. The van der Waals surface area contributed by atoms with E-state index in [1.807, 2.05) is 30.5 Å². The molecule has 0 radical (unpaired) electrons. The van der Waals surface area contributed by atoms with Crippen LogP contribution in [-0.4, -0.2) is 25.3 Å². The van der Waals surface area contributed by atoms with E-state index in [-0.39, 0.29) is 0 Å². The largest absolute Gasteiger partial charge is 0.444 e. The molecular weight excluding hydrogens is 356 g/mol. The maximum Gasteiger partial charge on any atom is 0.226 e. The van der Waals surface area contributed by atoms with Gasteiger partial charge in [-0.1, -0.05) is 38.8 Å². The van der Waals surface area contributed by atoms with Crippen molar-refractivity contribution in [1.29, 1.82) is 0 Å².